The first-order valence-electron chi connectivity index (χ1n) is 11.5. The summed E-state index contributed by atoms with van der Waals surface area (Å²) in [4.78, 5) is 22.0. The Hall–Kier alpha value is -3.23. The molecule has 4 heterocycles. The molecule has 1 saturated heterocycles. The van der Waals surface area contributed by atoms with Gasteiger partial charge in [-0.1, -0.05) is 24.3 Å². The van der Waals surface area contributed by atoms with Crippen LogP contribution in [-0.4, -0.2) is 51.9 Å². The zero-order valence-corrected chi connectivity index (χ0v) is 20.5. The lowest BCUT2D eigenvalue weighted by molar-refractivity contribution is 0.0507. The quantitative estimate of drug-likeness (QED) is 0.382. The van der Waals surface area contributed by atoms with Crippen molar-refractivity contribution in [3.63, 3.8) is 0 Å². The van der Waals surface area contributed by atoms with Crippen LogP contribution in [0.5, 0.6) is 5.75 Å². The number of thiophene rings is 1. The summed E-state index contributed by atoms with van der Waals surface area (Å²) in [6.07, 6.45) is 2.00. The highest BCUT2D eigenvalue weighted by molar-refractivity contribution is 7.13. The average Bonchev–Trinajstić information content (AvgIpc) is 3.61. The van der Waals surface area contributed by atoms with Crippen LogP contribution >= 0.6 is 11.3 Å². The van der Waals surface area contributed by atoms with Gasteiger partial charge in [-0.2, -0.15) is 5.10 Å². The number of pyridine rings is 1. The Balaban J connectivity index is 1.60. The second kappa shape index (κ2) is 9.56. The van der Waals surface area contributed by atoms with E-state index in [9.17, 15) is 4.79 Å². The number of amides is 1. The van der Waals surface area contributed by atoms with Crippen LogP contribution in [0.25, 0.3) is 21.6 Å². The zero-order chi connectivity index (χ0) is 23.7. The molecule has 3 aromatic heterocycles. The molecule has 0 bridgehead atoms. The molecular formula is C26H28N4O3S. The number of ether oxygens (including phenoxy) is 2. The first-order valence-corrected chi connectivity index (χ1v) is 12.3. The largest absolute Gasteiger partial charge is 0.496 e. The smallest absolute Gasteiger partial charge is 0.255 e. The number of hydrogen-bond donors (Lipinski definition) is 0. The van der Waals surface area contributed by atoms with Crippen molar-refractivity contribution in [2.75, 3.05) is 20.3 Å². The van der Waals surface area contributed by atoms with E-state index in [0.717, 1.165) is 52.4 Å². The SMILES string of the molecule is COc1ccccc1CN(CC1CCCO1)C(=O)c1cc(-c2cccs2)nc2c1c(C)nn2C. The Morgan fingerprint density at radius 3 is 2.88 bits per heavy atom. The van der Waals surface area contributed by atoms with E-state index >= 15 is 0 Å². The van der Waals surface area contributed by atoms with E-state index in [1.165, 1.54) is 0 Å². The zero-order valence-electron chi connectivity index (χ0n) is 19.7. The van der Waals surface area contributed by atoms with Gasteiger partial charge in [-0.3, -0.25) is 9.48 Å². The fourth-order valence-corrected chi connectivity index (χ4v) is 5.31. The van der Waals surface area contributed by atoms with Gasteiger partial charge < -0.3 is 14.4 Å². The van der Waals surface area contributed by atoms with E-state index in [0.29, 0.717) is 24.3 Å². The highest BCUT2D eigenvalue weighted by atomic mass is 32.1. The number of hydrogen-bond acceptors (Lipinski definition) is 6. The van der Waals surface area contributed by atoms with Gasteiger partial charge in [-0.05, 0) is 43.3 Å². The van der Waals surface area contributed by atoms with Crippen LogP contribution in [0.15, 0.2) is 47.8 Å². The summed E-state index contributed by atoms with van der Waals surface area (Å²) in [6, 6.07) is 13.8. The number of nitrogens with zero attached hydrogens (tertiary/aromatic N) is 4. The van der Waals surface area contributed by atoms with E-state index < -0.39 is 0 Å². The van der Waals surface area contributed by atoms with Crippen molar-refractivity contribution < 1.29 is 14.3 Å². The molecule has 1 aromatic carbocycles. The molecule has 1 amide bonds. The molecule has 1 fully saturated rings. The Morgan fingerprint density at radius 2 is 2.15 bits per heavy atom. The monoisotopic (exact) mass is 476 g/mol. The summed E-state index contributed by atoms with van der Waals surface area (Å²) in [5.41, 5.74) is 3.86. The second-order valence-corrected chi connectivity index (χ2v) is 9.52. The van der Waals surface area contributed by atoms with E-state index in [1.807, 2.05) is 66.7 Å². The van der Waals surface area contributed by atoms with Crippen LogP contribution < -0.4 is 4.74 Å². The number of para-hydroxylation sites is 1. The maximum absolute atomic E-state index is 14.2. The molecule has 1 atom stereocenters. The number of fused-ring (bicyclic) bond motifs is 1. The molecule has 0 saturated carbocycles. The van der Waals surface area contributed by atoms with Crippen LogP contribution in [0.1, 0.15) is 34.5 Å². The lowest BCUT2D eigenvalue weighted by Gasteiger charge is -2.27. The molecule has 1 aliphatic rings. The maximum Gasteiger partial charge on any atom is 0.255 e. The topological polar surface area (TPSA) is 69.5 Å². The van der Waals surface area contributed by atoms with Crippen LogP contribution in [0.3, 0.4) is 0 Å². The van der Waals surface area contributed by atoms with Crippen LogP contribution in [0.4, 0.5) is 0 Å². The van der Waals surface area contributed by atoms with Gasteiger partial charge in [-0.25, -0.2) is 4.98 Å². The van der Waals surface area contributed by atoms with Crippen LogP contribution in [0, 0.1) is 6.92 Å². The second-order valence-electron chi connectivity index (χ2n) is 8.57. The third-order valence-electron chi connectivity index (χ3n) is 6.26. The predicted molar refractivity (Wildman–Crippen MR) is 133 cm³/mol. The van der Waals surface area contributed by atoms with Gasteiger partial charge in [0, 0.05) is 32.3 Å². The minimum atomic E-state index is -0.0530. The first-order chi connectivity index (χ1) is 16.5. The molecule has 34 heavy (non-hydrogen) atoms. The summed E-state index contributed by atoms with van der Waals surface area (Å²) in [6.45, 7) is 3.62. The first kappa shape index (κ1) is 22.6. The van der Waals surface area contributed by atoms with Crippen molar-refractivity contribution in [1.29, 1.82) is 0 Å². The lowest BCUT2D eigenvalue weighted by Crippen LogP contribution is -2.37. The van der Waals surface area contributed by atoms with E-state index in [-0.39, 0.29) is 12.0 Å². The number of methoxy groups -OCH3 is 1. The van der Waals surface area contributed by atoms with Crippen molar-refractivity contribution in [1.82, 2.24) is 19.7 Å². The molecule has 4 aromatic rings. The molecular weight excluding hydrogens is 448 g/mol. The predicted octanol–water partition coefficient (Wildman–Crippen LogP) is 4.84. The van der Waals surface area contributed by atoms with Gasteiger partial charge in [-0.15, -0.1) is 11.3 Å². The highest BCUT2D eigenvalue weighted by Crippen LogP contribution is 2.31. The number of carbonyl (C=O) groups is 1. The molecule has 0 radical (unpaired) electrons. The molecule has 5 rings (SSSR count). The van der Waals surface area contributed by atoms with Gasteiger partial charge in [0.1, 0.15) is 5.75 Å². The Labute approximate surface area is 202 Å². The van der Waals surface area contributed by atoms with Crippen molar-refractivity contribution in [2.24, 2.45) is 7.05 Å². The van der Waals surface area contributed by atoms with Crippen LogP contribution in [0.2, 0.25) is 0 Å². The number of benzene rings is 1. The Morgan fingerprint density at radius 1 is 1.29 bits per heavy atom. The third-order valence-corrected chi connectivity index (χ3v) is 7.15. The number of carbonyl (C=O) groups excluding carboxylic acids is 1. The van der Waals surface area contributed by atoms with E-state index in [4.69, 9.17) is 14.5 Å². The van der Waals surface area contributed by atoms with Gasteiger partial charge >= 0.3 is 0 Å². The number of aromatic nitrogens is 3. The van der Waals surface area contributed by atoms with Crippen molar-refractivity contribution in [3.8, 4) is 16.3 Å². The highest BCUT2D eigenvalue weighted by Gasteiger charge is 2.28. The Bertz CT molecular complexity index is 1310. The minimum absolute atomic E-state index is 0.0303. The molecule has 0 aliphatic carbocycles. The molecule has 176 valence electrons. The van der Waals surface area contributed by atoms with Gasteiger partial charge in [0.2, 0.25) is 0 Å². The number of rotatable bonds is 7. The van der Waals surface area contributed by atoms with Gasteiger partial charge in [0.25, 0.3) is 5.91 Å². The van der Waals surface area contributed by atoms with Crippen LogP contribution in [-0.2, 0) is 18.3 Å². The third kappa shape index (κ3) is 4.31. The van der Waals surface area contributed by atoms with Gasteiger partial charge in [0.15, 0.2) is 5.65 Å². The standard InChI is InChI=1S/C26H28N4O3S/c1-17-24-20(14-21(23-11-7-13-34-23)27-25(24)29(2)28-17)26(31)30(16-19-9-6-12-33-19)15-18-8-4-5-10-22(18)32-3/h4-5,7-8,10-11,13-14,19H,6,9,12,15-16H2,1-3H3. The van der Waals surface area contributed by atoms with E-state index in [1.54, 1.807) is 23.1 Å². The molecule has 1 aliphatic heterocycles. The Kier molecular flexibility index (Phi) is 6.34. The number of aryl methyl sites for hydroxylation is 2. The molecule has 0 N–H and O–H groups in total. The fourth-order valence-electron chi connectivity index (χ4n) is 4.63. The summed E-state index contributed by atoms with van der Waals surface area (Å²) < 4.78 is 13.2. The molecule has 7 nitrogen and oxygen atoms in total. The van der Waals surface area contributed by atoms with E-state index in [2.05, 4.69) is 5.10 Å². The summed E-state index contributed by atoms with van der Waals surface area (Å²) in [5, 5.41) is 7.38. The van der Waals surface area contributed by atoms with Crippen molar-refractivity contribution in [3.05, 3.63) is 64.7 Å². The fraction of sp³-hybridized carbons (Fsp3) is 0.346. The molecule has 0 spiro atoms. The maximum atomic E-state index is 14.2. The molecule has 8 heteroatoms. The summed E-state index contributed by atoms with van der Waals surface area (Å²) in [5.74, 6) is 0.715. The van der Waals surface area contributed by atoms with Crippen molar-refractivity contribution >= 4 is 28.3 Å². The van der Waals surface area contributed by atoms with Gasteiger partial charge in [0.05, 0.1) is 40.4 Å². The minimum Gasteiger partial charge on any atom is -0.496 e. The normalized spacial score (nSPS) is 15.7. The van der Waals surface area contributed by atoms with Crippen molar-refractivity contribution in [2.45, 2.75) is 32.4 Å². The summed E-state index contributed by atoms with van der Waals surface area (Å²) in [7, 11) is 3.53. The average molecular weight is 477 g/mol. The molecule has 1 unspecified atom stereocenters. The summed E-state index contributed by atoms with van der Waals surface area (Å²) >= 11 is 1.61. The lowest BCUT2D eigenvalue weighted by atomic mass is 10.1.